The first kappa shape index (κ1) is 30.9. The number of likely N-dealkylation sites (tertiary alicyclic amines) is 1. The Morgan fingerprint density at radius 2 is 1.80 bits per heavy atom. The lowest BCUT2D eigenvalue weighted by Crippen LogP contribution is -2.28. The minimum absolute atomic E-state index is 0.0417. The summed E-state index contributed by atoms with van der Waals surface area (Å²) in [5, 5.41) is 10.9. The van der Waals surface area contributed by atoms with Crippen LogP contribution in [0, 0.1) is 0 Å². The zero-order chi connectivity index (χ0) is 29.4. The molecule has 1 atom stereocenters. The van der Waals surface area contributed by atoms with E-state index < -0.39 is 0 Å². The molecule has 1 aliphatic rings. The van der Waals surface area contributed by atoms with Gasteiger partial charge in [0.15, 0.2) is 22.3 Å². The average molecular weight is 703 g/mol. The first-order valence-corrected chi connectivity index (χ1v) is 15.5. The maximum atomic E-state index is 10.5. The Kier molecular flexibility index (Phi) is 11.1. The van der Waals surface area contributed by atoms with E-state index in [9.17, 15) is 9.59 Å². The minimum Gasteiger partial charge on any atom is -0.353 e. The summed E-state index contributed by atoms with van der Waals surface area (Å²) >= 11 is 7.72. The molecule has 0 unspecified atom stereocenters. The zero-order valence-electron chi connectivity index (χ0n) is 22.8. The summed E-state index contributed by atoms with van der Waals surface area (Å²) < 4.78 is 11.1. The lowest BCUT2D eigenvalue weighted by molar-refractivity contribution is 0.0976. The van der Waals surface area contributed by atoms with Crippen molar-refractivity contribution in [3.63, 3.8) is 0 Å². The van der Waals surface area contributed by atoms with E-state index in [1.165, 1.54) is 61.6 Å². The third kappa shape index (κ3) is 8.96. The second-order valence-electron chi connectivity index (χ2n) is 9.48. The Balaban J connectivity index is 0.000000186. The van der Waals surface area contributed by atoms with Crippen LogP contribution < -0.4 is 0 Å². The zero-order valence-corrected chi connectivity index (χ0v) is 26.8. The van der Waals surface area contributed by atoms with Gasteiger partial charge >= 0.3 is 0 Å². The first-order chi connectivity index (χ1) is 19.7. The van der Waals surface area contributed by atoms with E-state index in [1.807, 2.05) is 12.1 Å². The van der Waals surface area contributed by atoms with E-state index in [-0.39, 0.29) is 17.3 Å². The van der Waals surface area contributed by atoms with Gasteiger partial charge in [-0.3, -0.25) is 9.59 Å². The van der Waals surface area contributed by atoms with Crippen LogP contribution >= 0.6 is 43.2 Å². The lowest BCUT2D eigenvalue weighted by atomic mass is 10.1. The highest BCUT2D eigenvalue weighted by Crippen LogP contribution is 2.24. The third-order valence-corrected chi connectivity index (χ3v) is 8.05. The third-order valence-electron chi connectivity index (χ3n) is 6.43. The number of hydrogen-bond donors (Lipinski definition) is 0. The quantitative estimate of drug-likeness (QED) is 0.164. The van der Waals surface area contributed by atoms with Gasteiger partial charge in [-0.05, 0) is 88.4 Å². The van der Waals surface area contributed by atoms with Gasteiger partial charge in [0.1, 0.15) is 14.9 Å². The Morgan fingerprint density at radius 1 is 1.02 bits per heavy atom. The molecule has 5 heterocycles. The fraction of sp³-hybridized carbons (Fsp3) is 0.310. The number of rotatable bonds is 6. The molecule has 1 saturated heterocycles. The van der Waals surface area contributed by atoms with Crippen molar-refractivity contribution in [2.24, 2.45) is 0 Å². The monoisotopic (exact) mass is 701 g/mol. The number of carbonyl (C=O) groups excluding carboxylic acids is 2. The van der Waals surface area contributed by atoms with Gasteiger partial charge in [-0.15, -0.1) is 11.3 Å². The number of fused-ring (bicyclic) bond motifs is 1. The molecule has 4 aromatic heterocycles. The van der Waals surface area contributed by atoms with Crippen molar-refractivity contribution in [1.82, 2.24) is 25.2 Å². The molecule has 0 spiro atoms. The van der Waals surface area contributed by atoms with Crippen LogP contribution in [0.5, 0.6) is 0 Å². The standard InChI is InChI=1S/C19H20BrN3O.C5H4BrNO2.C5H5NOS/c1-13-3-2-9-23(13)10-8-14-4-6-16-15(11-14)5-7-17(21-16)18-12-19(20)22-24-18;1-3(8)4-2-5(6)7-9-4;1-4(7)5-6-2-3-8-5/h4-7,11-13H,2-3,8-10H2,1H3;2H,1H3;2-3H,1H3/t13-;;/m1../s1. The molecule has 1 aliphatic heterocycles. The summed E-state index contributed by atoms with van der Waals surface area (Å²) in [5.41, 5.74) is 3.16. The van der Waals surface area contributed by atoms with Crippen LogP contribution in [0.2, 0.25) is 0 Å². The molecule has 1 aromatic carbocycles. The number of hydrogen-bond acceptors (Lipinski definition) is 10. The van der Waals surface area contributed by atoms with Crippen molar-refractivity contribution in [1.29, 1.82) is 0 Å². The van der Waals surface area contributed by atoms with E-state index in [0.29, 0.717) is 20.0 Å². The molecule has 214 valence electrons. The van der Waals surface area contributed by atoms with Crippen molar-refractivity contribution in [3.8, 4) is 11.5 Å². The molecule has 6 rings (SSSR count). The number of ketones is 2. The summed E-state index contributed by atoms with van der Waals surface area (Å²) in [6.07, 6.45) is 5.39. The number of thiazole rings is 1. The highest BCUT2D eigenvalue weighted by molar-refractivity contribution is 9.10. The molecule has 0 saturated carbocycles. The van der Waals surface area contributed by atoms with Gasteiger partial charge in [0.2, 0.25) is 5.76 Å². The van der Waals surface area contributed by atoms with Crippen molar-refractivity contribution in [2.45, 2.75) is 46.1 Å². The van der Waals surface area contributed by atoms with E-state index in [1.54, 1.807) is 11.6 Å². The summed E-state index contributed by atoms with van der Waals surface area (Å²) in [5.74, 6) is 0.881. The van der Waals surface area contributed by atoms with Crippen LogP contribution in [0.4, 0.5) is 0 Å². The molecule has 9 nitrogen and oxygen atoms in total. The van der Waals surface area contributed by atoms with E-state index in [0.717, 1.165) is 30.2 Å². The summed E-state index contributed by atoms with van der Waals surface area (Å²) in [6.45, 7) is 7.66. The smallest absolute Gasteiger partial charge is 0.203 e. The number of carbonyl (C=O) groups is 2. The van der Waals surface area contributed by atoms with Gasteiger partial charge in [-0.25, -0.2) is 9.97 Å². The molecule has 0 aliphatic carbocycles. The van der Waals surface area contributed by atoms with E-state index in [2.05, 4.69) is 92.8 Å². The van der Waals surface area contributed by atoms with Crippen LogP contribution in [-0.2, 0) is 6.42 Å². The van der Waals surface area contributed by atoms with Gasteiger partial charge in [-0.2, -0.15) is 0 Å². The number of benzene rings is 1. The Morgan fingerprint density at radius 3 is 2.34 bits per heavy atom. The predicted molar refractivity (Wildman–Crippen MR) is 165 cm³/mol. The molecule has 0 amide bonds. The van der Waals surface area contributed by atoms with Crippen LogP contribution in [0.1, 0.15) is 59.5 Å². The number of nitrogens with zero attached hydrogens (tertiary/aromatic N) is 5. The lowest BCUT2D eigenvalue weighted by Gasteiger charge is -2.20. The van der Waals surface area contributed by atoms with Crippen molar-refractivity contribution >= 4 is 65.7 Å². The van der Waals surface area contributed by atoms with Gasteiger partial charge in [0, 0.05) is 55.5 Å². The molecular weight excluding hydrogens is 674 g/mol. The molecule has 41 heavy (non-hydrogen) atoms. The van der Waals surface area contributed by atoms with Crippen molar-refractivity contribution in [2.75, 3.05) is 13.1 Å². The highest BCUT2D eigenvalue weighted by atomic mass is 79.9. The van der Waals surface area contributed by atoms with Gasteiger partial charge in [0.05, 0.1) is 5.52 Å². The Bertz CT molecular complexity index is 1600. The normalized spacial score (nSPS) is 14.7. The van der Waals surface area contributed by atoms with Crippen molar-refractivity contribution < 1.29 is 18.6 Å². The van der Waals surface area contributed by atoms with Crippen LogP contribution in [0.25, 0.3) is 22.4 Å². The molecule has 0 radical (unpaired) electrons. The number of halogens is 2. The first-order valence-electron chi connectivity index (χ1n) is 13.0. The highest BCUT2D eigenvalue weighted by Gasteiger charge is 2.19. The van der Waals surface area contributed by atoms with E-state index in [4.69, 9.17) is 4.52 Å². The van der Waals surface area contributed by atoms with Crippen LogP contribution in [0.15, 0.2) is 72.3 Å². The largest absolute Gasteiger partial charge is 0.353 e. The summed E-state index contributed by atoms with van der Waals surface area (Å²) in [4.78, 5) is 32.0. The molecule has 0 N–H and O–H groups in total. The fourth-order valence-electron chi connectivity index (χ4n) is 4.26. The summed E-state index contributed by atoms with van der Waals surface area (Å²) in [6, 6.07) is 14.7. The van der Waals surface area contributed by atoms with Crippen molar-refractivity contribution in [3.05, 3.63) is 79.6 Å². The SMILES string of the molecule is CC(=O)c1cc(Br)no1.CC(=O)c1nccs1.C[C@@H]1CCCN1CCc1ccc2nc(-c3cc(Br)no3)ccc2c1. The number of aromatic nitrogens is 4. The van der Waals surface area contributed by atoms with Gasteiger partial charge < -0.3 is 13.9 Å². The van der Waals surface area contributed by atoms with Crippen LogP contribution in [0.3, 0.4) is 0 Å². The predicted octanol–water partition coefficient (Wildman–Crippen LogP) is 7.66. The molecule has 5 aromatic rings. The van der Waals surface area contributed by atoms with Gasteiger partial charge in [0.25, 0.3) is 0 Å². The van der Waals surface area contributed by atoms with Gasteiger partial charge in [-0.1, -0.05) is 22.4 Å². The maximum Gasteiger partial charge on any atom is 0.203 e. The Hall–Kier alpha value is -3.06. The molecular formula is C29H29Br2N5O4S. The average Bonchev–Trinajstić information content (AvgIpc) is 3.77. The number of Topliss-reactive ketones (excluding diaryl/α,β-unsaturated/α-hetero) is 2. The molecule has 1 fully saturated rings. The topological polar surface area (TPSA) is 115 Å². The fourth-order valence-corrected chi connectivity index (χ4v) is 5.36. The maximum absolute atomic E-state index is 10.5. The number of pyridine rings is 1. The Labute approximate surface area is 258 Å². The second-order valence-corrected chi connectivity index (χ2v) is 12.0. The van der Waals surface area contributed by atoms with E-state index >= 15 is 0 Å². The summed E-state index contributed by atoms with van der Waals surface area (Å²) in [7, 11) is 0. The minimum atomic E-state index is -0.117. The molecule has 12 heteroatoms. The molecule has 0 bridgehead atoms. The second kappa shape index (κ2) is 14.7. The van der Waals surface area contributed by atoms with Crippen LogP contribution in [-0.4, -0.2) is 55.9 Å².